The third kappa shape index (κ3) is 2.42. The average Bonchev–Trinajstić information content (AvgIpc) is 3.00. The van der Waals surface area contributed by atoms with Gasteiger partial charge in [-0.15, -0.1) is 0 Å². The number of carbonyl (C=O) groups excluding carboxylic acids is 2. The normalized spacial score (nSPS) is 13.2. The summed E-state index contributed by atoms with van der Waals surface area (Å²) in [6, 6.07) is 23.5. The van der Waals surface area contributed by atoms with Gasteiger partial charge in [0.15, 0.2) is 0 Å². The van der Waals surface area contributed by atoms with Crippen molar-refractivity contribution in [3.05, 3.63) is 95.0 Å². The van der Waals surface area contributed by atoms with Gasteiger partial charge in [0.2, 0.25) is 0 Å². The maximum absolute atomic E-state index is 13.4. The first-order valence-electron chi connectivity index (χ1n) is 8.77. The Morgan fingerprint density at radius 3 is 2.11 bits per heavy atom. The molecule has 0 bridgehead atoms. The summed E-state index contributed by atoms with van der Waals surface area (Å²) in [4.78, 5) is 32.6. The van der Waals surface area contributed by atoms with Crippen molar-refractivity contribution >= 4 is 40.0 Å². The second kappa shape index (κ2) is 6.29. The molecule has 0 saturated carbocycles. The molecule has 0 spiro atoms. The molecule has 0 unspecified atom stereocenters. The molecule has 2 amide bonds. The molecule has 0 aliphatic carbocycles. The van der Waals surface area contributed by atoms with E-state index in [4.69, 9.17) is 16.6 Å². The van der Waals surface area contributed by atoms with Gasteiger partial charge in [-0.05, 0) is 30.3 Å². The number of hydrogen-bond donors (Lipinski definition) is 0. The molecule has 28 heavy (non-hydrogen) atoms. The smallest absolute Gasteiger partial charge is 0.268 e. The van der Waals surface area contributed by atoms with Crippen molar-refractivity contribution in [3.8, 4) is 11.3 Å². The maximum atomic E-state index is 13.4. The number of fused-ring (bicyclic) bond motifs is 3. The first-order valence-corrected chi connectivity index (χ1v) is 9.15. The molecule has 0 fully saturated rings. The van der Waals surface area contributed by atoms with Crippen molar-refractivity contribution in [1.82, 2.24) is 4.98 Å². The van der Waals surface area contributed by atoms with Gasteiger partial charge in [-0.2, -0.15) is 0 Å². The van der Waals surface area contributed by atoms with E-state index in [1.165, 1.54) is 4.90 Å². The van der Waals surface area contributed by atoms with Crippen LogP contribution in [-0.2, 0) is 0 Å². The van der Waals surface area contributed by atoms with Crippen molar-refractivity contribution in [1.29, 1.82) is 0 Å². The molecule has 3 aromatic carbocycles. The van der Waals surface area contributed by atoms with E-state index in [9.17, 15) is 9.59 Å². The minimum atomic E-state index is -0.376. The SMILES string of the molecule is O=C1c2c(-c3ccccc3)nc3ccc(Cl)cc3c2C(=O)N1c1ccccc1. The quantitative estimate of drug-likeness (QED) is 0.437. The van der Waals surface area contributed by atoms with E-state index in [1.807, 2.05) is 36.4 Å². The maximum Gasteiger partial charge on any atom is 0.268 e. The molecule has 4 aromatic rings. The molecular formula is C23H13ClN2O2. The van der Waals surface area contributed by atoms with Gasteiger partial charge in [0.1, 0.15) is 0 Å². The van der Waals surface area contributed by atoms with Crippen molar-refractivity contribution < 1.29 is 9.59 Å². The van der Waals surface area contributed by atoms with E-state index in [0.29, 0.717) is 38.4 Å². The Morgan fingerprint density at radius 1 is 0.750 bits per heavy atom. The third-order valence-corrected chi connectivity index (χ3v) is 5.08. The Kier molecular flexibility index (Phi) is 3.74. The zero-order chi connectivity index (χ0) is 19.3. The van der Waals surface area contributed by atoms with Gasteiger partial charge in [-0.1, -0.05) is 60.1 Å². The number of aromatic nitrogens is 1. The lowest BCUT2D eigenvalue weighted by atomic mass is 9.98. The molecule has 1 aromatic heterocycles. The lowest BCUT2D eigenvalue weighted by Gasteiger charge is -2.13. The number of nitrogens with zero attached hydrogens (tertiary/aromatic N) is 2. The van der Waals surface area contributed by atoms with Crippen LogP contribution in [0, 0.1) is 0 Å². The standard InChI is InChI=1S/C23H13ClN2O2/c24-15-11-12-18-17(13-15)19-20(21(25-18)14-7-3-1-4-8-14)23(28)26(22(19)27)16-9-5-2-6-10-16/h1-13H. The predicted molar refractivity (Wildman–Crippen MR) is 110 cm³/mol. The zero-order valence-electron chi connectivity index (χ0n) is 14.6. The molecule has 5 heteroatoms. The van der Waals surface area contributed by atoms with E-state index in [-0.39, 0.29) is 11.8 Å². The summed E-state index contributed by atoms with van der Waals surface area (Å²) < 4.78 is 0. The van der Waals surface area contributed by atoms with Gasteiger partial charge in [0.25, 0.3) is 11.8 Å². The lowest BCUT2D eigenvalue weighted by Crippen LogP contribution is -2.29. The molecule has 1 aliphatic rings. The Balaban J connectivity index is 1.85. The van der Waals surface area contributed by atoms with Crippen LogP contribution in [0.1, 0.15) is 20.7 Å². The highest BCUT2D eigenvalue weighted by atomic mass is 35.5. The molecule has 2 heterocycles. The van der Waals surface area contributed by atoms with Crippen LogP contribution in [0.15, 0.2) is 78.9 Å². The van der Waals surface area contributed by atoms with Crippen LogP contribution in [0.5, 0.6) is 0 Å². The third-order valence-electron chi connectivity index (χ3n) is 4.84. The molecule has 5 rings (SSSR count). The molecule has 4 nitrogen and oxygen atoms in total. The number of anilines is 1. The second-order valence-electron chi connectivity index (χ2n) is 6.52. The van der Waals surface area contributed by atoms with Crippen molar-refractivity contribution in [3.63, 3.8) is 0 Å². The summed E-state index contributed by atoms with van der Waals surface area (Å²) in [6.45, 7) is 0. The number of halogens is 1. The summed E-state index contributed by atoms with van der Waals surface area (Å²) in [5, 5.41) is 1.07. The molecule has 0 atom stereocenters. The average molecular weight is 385 g/mol. The molecule has 0 N–H and O–H groups in total. The van der Waals surface area contributed by atoms with Crippen molar-refractivity contribution in [2.24, 2.45) is 0 Å². The Morgan fingerprint density at radius 2 is 1.39 bits per heavy atom. The van der Waals surface area contributed by atoms with Crippen LogP contribution in [0.2, 0.25) is 5.02 Å². The zero-order valence-corrected chi connectivity index (χ0v) is 15.4. The van der Waals surface area contributed by atoms with Gasteiger partial charge in [0.05, 0.1) is 28.0 Å². The number of imide groups is 1. The van der Waals surface area contributed by atoms with Crippen molar-refractivity contribution in [2.45, 2.75) is 0 Å². The molecule has 134 valence electrons. The van der Waals surface area contributed by atoms with Crippen molar-refractivity contribution in [2.75, 3.05) is 4.90 Å². The largest absolute Gasteiger partial charge is 0.268 e. The first-order chi connectivity index (χ1) is 13.6. The number of hydrogen-bond acceptors (Lipinski definition) is 3. The van der Waals surface area contributed by atoms with Gasteiger partial charge < -0.3 is 0 Å². The lowest BCUT2D eigenvalue weighted by molar-refractivity contribution is 0.0927. The van der Waals surface area contributed by atoms with Crippen LogP contribution >= 0.6 is 11.6 Å². The van der Waals surface area contributed by atoms with E-state index in [2.05, 4.69) is 0 Å². The predicted octanol–water partition coefficient (Wildman–Crippen LogP) is 5.36. The summed E-state index contributed by atoms with van der Waals surface area (Å²) >= 11 is 6.18. The van der Waals surface area contributed by atoms with Crippen LogP contribution in [0.25, 0.3) is 22.2 Å². The topological polar surface area (TPSA) is 50.3 Å². The monoisotopic (exact) mass is 384 g/mol. The van der Waals surface area contributed by atoms with Crippen LogP contribution in [0.3, 0.4) is 0 Å². The molecule has 1 aliphatic heterocycles. The van der Waals surface area contributed by atoms with E-state index >= 15 is 0 Å². The Hall–Kier alpha value is -3.50. The Bertz CT molecular complexity index is 1250. The first kappa shape index (κ1) is 16.7. The summed E-state index contributed by atoms with van der Waals surface area (Å²) in [5.41, 5.74) is 3.10. The van der Waals surface area contributed by atoms with Crippen LogP contribution in [0.4, 0.5) is 5.69 Å². The number of para-hydroxylation sites is 1. The Labute approximate surface area is 166 Å². The number of carbonyl (C=O) groups is 2. The minimum Gasteiger partial charge on any atom is -0.268 e. The van der Waals surface area contributed by atoms with E-state index < -0.39 is 0 Å². The van der Waals surface area contributed by atoms with Gasteiger partial charge in [-0.25, -0.2) is 9.88 Å². The molecule has 0 saturated heterocycles. The number of pyridine rings is 1. The number of rotatable bonds is 2. The molecular weight excluding hydrogens is 372 g/mol. The highest BCUT2D eigenvalue weighted by Crippen LogP contribution is 2.38. The number of amides is 2. The number of benzene rings is 3. The van der Waals surface area contributed by atoms with Gasteiger partial charge in [-0.3, -0.25) is 9.59 Å². The highest BCUT2D eigenvalue weighted by Gasteiger charge is 2.41. The van der Waals surface area contributed by atoms with Gasteiger partial charge >= 0.3 is 0 Å². The fourth-order valence-electron chi connectivity index (χ4n) is 3.60. The van der Waals surface area contributed by atoms with E-state index in [0.717, 1.165) is 5.56 Å². The fourth-order valence-corrected chi connectivity index (χ4v) is 3.77. The van der Waals surface area contributed by atoms with Crippen LogP contribution in [-0.4, -0.2) is 16.8 Å². The second-order valence-corrected chi connectivity index (χ2v) is 6.96. The summed E-state index contributed by atoms with van der Waals surface area (Å²) in [5.74, 6) is -0.738. The summed E-state index contributed by atoms with van der Waals surface area (Å²) in [6.07, 6.45) is 0. The van der Waals surface area contributed by atoms with Gasteiger partial charge in [0, 0.05) is 16.0 Å². The van der Waals surface area contributed by atoms with E-state index in [1.54, 1.807) is 42.5 Å². The molecule has 0 radical (unpaired) electrons. The fraction of sp³-hybridized carbons (Fsp3) is 0. The summed E-state index contributed by atoms with van der Waals surface area (Å²) in [7, 11) is 0. The minimum absolute atomic E-state index is 0.315. The highest BCUT2D eigenvalue weighted by molar-refractivity contribution is 6.39. The van der Waals surface area contributed by atoms with Crippen LogP contribution < -0.4 is 4.90 Å².